The molecule has 0 unspecified atom stereocenters. The highest BCUT2D eigenvalue weighted by molar-refractivity contribution is 7.85. The predicted molar refractivity (Wildman–Crippen MR) is 67.8 cm³/mol. The molecule has 0 bridgehead atoms. The molecule has 1 aliphatic carbocycles. The molecule has 1 rings (SSSR count). The number of carbonyl (C=O) groups excluding carboxylic acids is 1. The Hall–Kier alpha value is -0.380. The van der Waals surface area contributed by atoms with Gasteiger partial charge in [-0.25, -0.2) is 0 Å². The Morgan fingerprint density at radius 2 is 1.81 bits per heavy atom. The van der Waals surface area contributed by atoms with Gasteiger partial charge in [0, 0.05) is 29.6 Å². The van der Waals surface area contributed by atoms with E-state index >= 15 is 0 Å². The molecule has 94 valence electrons. The van der Waals surface area contributed by atoms with Crippen molar-refractivity contribution in [2.75, 3.05) is 24.6 Å². The third kappa shape index (κ3) is 4.24. The van der Waals surface area contributed by atoms with E-state index in [9.17, 15) is 9.00 Å². The Balaban J connectivity index is 2.29. The average Bonchev–Trinajstić information content (AvgIpc) is 2.71. The van der Waals surface area contributed by atoms with Crippen LogP contribution >= 0.6 is 0 Å². The molecule has 3 nitrogen and oxygen atoms in total. The van der Waals surface area contributed by atoms with Gasteiger partial charge in [-0.3, -0.25) is 9.00 Å². The molecule has 1 saturated carbocycles. The van der Waals surface area contributed by atoms with E-state index in [1.165, 1.54) is 25.7 Å². The maximum atomic E-state index is 11.8. The van der Waals surface area contributed by atoms with Crippen LogP contribution in [0.25, 0.3) is 0 Å². The van der Waals surface area contributed by atoms with Crippen LogP contribution in [0.3, 0.4) is 0 Å². The molecule has 4 heteroatoms. The van der Waals surface area contributed by atoms with Crippen molar-refractivity contribution in [2.24, 2.45) is 5.92 Å². The van der Waals surface area contributed by atoms with Gasteiger partial charge in [0.25, 0.3) is 0 Å². The summed E-state index contributed by atoms with van der Waals surface area (Å²) in [5, 5.41) is 0. The summed E-state index contributed by atoms with van der Waals surface area (Å²) in [5.74, 6) is 1.59. The van der Waals surface area contributed by atoms with Crippen molar-refractivity contribution in [3.05, 3.63) is 0 Å². The second-order valence-corrected chi connectivity index (χ2v) is 5.97. The van der Waals surface area contributed by atoms with Crippen LogP contribution in [-0.4, -0.2) is 39.6 Å². The number of hydrogen-bond acceptors (Lipinski definition) is 2. The number of carbonyl (C=O) groups is 1. The Labute approximate surface area is 101 Å². The van der Waals surface area contributed by atoms with Crippen molar-refractivity contribution in [3.63, 3.8) is 0 Å². The Bertz CT molecular complexity index is 245. The quantitative estimate of drug-likeness (QED) is 0.715. The molecule has 1 aliphatic rings. The normalized spacial score (nSPS) is 18.6. The van der Waals surface area contributed by atoms with Crippen LogP contribution in [0.1, 0.15) is 39.5 Å². The van der Waals surface area contributed by atoms with E-state index in [2.05, 4.69) is 0 Å². The van der Waals surface area contributed by atoms with Gasteiger partial charge in [-0.15, -0.1) is 0 Å². The fourth-order valence-electron chi connectivity index (χ4n) is 2.30. The fourth-order valence-corrected chi connectivity index (χ4v) is 3.74. The maximum Gasteiger partial charge on any atom is 0.235 e. The lowest BCUT2D eigenvalue weighted by molar-refractivity contribution is -0.128. The molecular formula is C12H23NO2S. The van der Waals surface area contributed by atoms with Gasteiger partial charge in [0.2, 0.25) is 5.91 Å². The summed E-state index contributed by atoms with van der Waals surface area (Å²) >= 11 is 0. The lowest BCUT2D eigenvalue weighted by Crippen LogP contribution is -2.34. The monoisotopic (exact) mass is 245 g/mol. The molecule has 1 atom stereocenters. The predicted octanol–water partition coefficient (Wildman–Crippen LogP) is 1.79. The first-order valence-electron chi connectivity index (χ1n) is 6.30. The molecule has 16 heavy (non-hydrogen) atoms. The molecule has 0 saturated heterocycles. The molecule has 0 aromatic rings. The summed E-state index contributed by atoms with van der Waals surface area (Å²) in [6.45, 7) is 5.36. The van der Waals surface area contributed by atoms with Crippen LogP contribution in [0.5, 0.6) is 0 Å². The molecule has 0 radical (unpaired) electrons. The second kappa shape index (κ2) is 7.05. The van der Waals surface area contributed by atoms with E-state index in [4.69, 9.17) is 0 Å². The van der Waals surface area contributed by atoms with Gasteiger partial charge in [0.15, 0.2) is 0 Å². The van der Waals surface area contributed by atoms with E-state index in [0.29, 0.717) is 5.92 Å². The Kier molecular flexibility index (Phi) is 6.03. The Morgan fingerprint density at radius 1 is 1.25 bits per heavy atom. The summed E-state index contributed by atoms with van der Waals surface area (Å²) in [4.78, 5) is 13.5. The highest BCUT2D eigenvalue weighted by Crippen LogP contribution is 2.25. The van der Waals surface area contributed by atoms with Gasteiger partial charge in [-0.2, -0.15) is 0 Å². The maximum absolute atomic E-state index is 11.8. The molecular weight excluding hydrogens is 222 g/mol. The summed E-state index contributed by atoms with van der Waals surface area (Å²) in [6, 6.07) is 0. The standard InChI is InChI=1S/C12H23NO2S/c1-3-13(4-2)12(14)10-16(15)9-11-7-5-6-8-11/h11H,3-10H2,1-2H3/t16-/m1/s1. The van der Waals surface area contributed by atoms with Crippen LogP contribution in [0.15, 0.2) is 0 Å². The number of rotatable bonds is 6. The first kappa shape index (κ1) is 13.7. The third-order valence-electron chi connectivity index (χ3n) is 3.30. The minimum atomic E-state index is -0.955. The SMILES string of the molecule is CCN(CC)C(=O)C[S@](=O)CC1CCCC1. The van der Waals surface area contributed by atoms with Crippen LogP contribution in [0.2, 0.25) is 0 Å². The molecule has 1 fully saturated rings. The van der Waals surface area contributed by atoms with Gasteiger partial charge < -0.3 is 4.90 Å². The second-order valence-electron chi connectivity index (χ2n) is 4.47. The molecule has 0 aliphatic heterocycles. The minimum Gasteiger partial charge on any atom is -0.342 e. The number of amides is 1. The molecule has 0 heterocycles. The number of hydrogen-bond donors (Lipinski definition) is 0. The molecule has 0 aromatic carbocycles. The molecule has 0 N–H and O–H groups in total. The largest absolute Gasteiger partial charge is 0.342 e. The Morgan fingerprint density at radius 3 is 2.31 bits per heavy atom. The van der Waals surface area contributed by atoms with E-state index in [1.54, 1.807) is 4.90 Å². The first-order chi connectivity index (χ1) is 7.67. The van der Waals surface area contributed by atoms with Crippen LogP contribution in [0.4, 0.5) is 0 Å². The van der Waals surface area contributed by atoms with Crippen LogP contribution in [-0.2, 0) is 15.6 Å². The number of nitrogens with zero attached hydrogens (tertiary/aromatic N) is 1. The van der Waals surface area contributed by atoms with Gasteiger partial charge in [-0.05, 0) is 32.6 Å². The zero-order valence-electron chi connectivity index (χ0n) is 10.4. The first-order valence-corrected chi connectivity index (χ1v) is 7.78. The van der Waals surface area contributed by atoms with Crippen molar-refractivity contribution in [3.8, 4) is 0 Å². The highest BCUT2D eigenvalue weighted by Gasteiger charge is 2.20. The summed E-state index contributed by atoms with van der Waals surface area (Å²) in [7, 11) is -0.955. The van der Waals surface area contributed by atoms with Crippen molar-refractivity contribution in [1.29, 1.82) is 0 Å². The van der Waals surface area contributed by atoms with E-state index < -0.39 is 10.8 Å². The fraction of sp³-hybridized carbons (Fsp3) is 0.917. The molecule has 1 amide bonds. The average molecular weight is 245 g/mol. The van der Waals surface area contributed by atoms with E-state index in [1.807, 2.05) is 13.8 Å². The lowest BCUT2D eigenvalue weighted by Gasteiger charge is -2.18. The smallest absolute Gasteiger partial charge is 0.235 e. The molecule has 0 aromatic heterocycles. The van der Waals surface area contributed by atoms with Gasteiger partial charge in [0.1, 0.15) is 5.75 Å². The zero-order chi connectivity index (χ0) is 12.0. The molecule has 0 spiro atoms. The van der Waals surface area contributed by atoms with Crippen molar-refractivity contribution >= 4 is 16.7 Å². The van der Waals surface area contributed by atoms with Gasteiger partial charge in [-0.1, -0.05) is 12.8 Å². The van der Waals surface area contributed by atoms with Crippen molar-refractivity contribution < 1.29 is 9.00 Å². The van der Waals surface area contributed by atoms with Gasteiger partial charge >= 0.3 is 0 Å². The van der Waals surface area contributed by atoms with Crippen LogP contribution < -0.4 is 0 Å². The van der Waals surface area contributed by atoms with Crippen LogP contribution in [0, 0.1) is 5.92 Å². The highest BCUT2D eigenvalue weighted by atomic mass is 32.2. The lowest BCUT2D eigenvalue weighted by atomic mass is 10.1. The van der Waals surface area contributed by atoms with E-state index in [0.717, 1.165) is 18.8 Å². The van der Waals surface area contributed by atoms with Crippen molar-refractivity contribution in [1.82, 2.24) is 4.90 Å². The summed E-state index contributed by atoms with van der Waals surface area (Å²) in [5.41, 5.74) is 0. The summed E-state index contributed by atoms with van der Waals surface area (Å²) < 4.78 is 11.8. The van der Waals surface area contributed by atoms with E-state index in [-0.39, 0.29) is 11.7 Å². The topological polar surface area (TPSA) is 37.4 Å². The minimum absolute atomic E-state index is 0.0429. The zero-order valence-corrected chi connectivity index (χ0v) is 11.2. The summed E-state index contributed by atoms with van der Waals surface area (Å²) in [6.07, 6.45) is 4.94. The van der Waals surface area contributed by atoms with Crippen molar-refractivity contribution in [2.45, 2.75) is 39.5 Å². The third-order valence-corrected chi connectivity index (χ3v) is 4.71. The van der Waals surface area contributed by atoms with Gasteiger partial charge in [0.05, 0.1) is 0 Å².